The van der Waals surface area contributed by atoms with E-state index in [1.165, 1.54) is 0 Å². The molecule has 0 aromatic heterocycles. The molecule has 0 aromatic carbocycles. The lowest BCUT2D eigenvalue weighted by molar-refractivity contribution is 0.180. The van der Waals surface area contributed by atoms with Gasteiger partial charge in [0, 0.05) is 24.2 Å². The summed E-state index contributed by atoms with van der Waals surface area (Å²) in [4.78, 5) is 14.1. The molecule has 1 saturated carbocycles. The van der Waals surface area contributed by atoms with Gasteiger partial charge in [0.15, 0.2) is 0 Å². The lowest BCUT2D eigenvalue weighted by Crippen LogP contribution is -2.50. The smallest absolute Gasteiger partial charge is 0.318 e. The molecule has 16 heavy (non-hydrogen) atoms. The molecule has 2 rings (SSSR count). The summed E-state index contributed by atoms with van der Waals surface area (Å²) < 4.78 is 0. The second kappa shape index (κ2) is 3.91. The minimum Gasteiger partial charge on any atom is -0.333 e. The molecule has 4 nitrogen and oxygen atoms in total. The van der Waals surface area contributed by atoms with Gasteiger partial charge in [0.1, 0.15) is 0 Å². The van der Waals surface area contributed by atoms with Crippen LogP contribution < -0.4 is 11.1 Å². The molecule has 3 N–H and O–H groups in total. The van der Waals surface area contributed by atoms with Gasteiger partial charge in [-0.15, -0.1) is 0 Å². The largest absolute Gasteiger partial charge is 0.333 e. The summed E-state index contributed by atoms with van der Waals surface area (Å²) in [6, 6.07) is 0.737. The predicted molar refractivity (Wildman–Crippen MR) is 64.1 cm³/mol. The highest BCUT2D eigenvalue weighted by Gasteiger charge is 2.40. The van der Waals surface area contributed by atoms with Crippen molar-refractivity contribution in [3.63, 3.8) is 0 Å². The normalized spacial score (nSPS) is 34.0. The third kappa shape index (κ3) is 2.48. The van der Waals surface area contributed by atoms with Crippen LogP contribution in [0.25, 0.3) is 0 Å². The number of urea groups is 1. The molecule has 0 spiro atoms. The minimum absolute atomic E-state index is 0.0779. The molecule has 1 heterocycles. The van der Waals surface area contributed by atoms with E-state index < -0.39 is 0 Å². The van der Waals surface area contributed by atoms with E-state index in [9.17, 15) is 4.79 Å². The Balaban J connectivity index is 1.98. The van der Waals surface area contributed by atoms with Crippen LogP contribution in [-0.4, -0.2) is 35.1 Å². The number of carbonyl (C=O) groups excluding carboxylic acids is 1. The van der Waals surface area contributed by atoms with Crippen molar-refractivity contribution < 1.29 is 4.79 Å². The van der Waals surface area contributed by atoms with E-state index in [-0.39, 0.29) is 17.6 Å². The number of fused-ring (bicyclic) bond motifs is 2. The Hall–Kier alpha value is -0.770. The van der Waals surface area contributed by atoms with E-state index in [4.69, 9.17) is 5.73 Å². The SMILES string of the molecule is CC(C)(C)NC(=O)N1CC2CC(N)CC1C2. The average molecular weight is 225 g/mol. The Morgan fingerprint density at radius 2 is 2.00 bits per heavy atom. The number of hydrogen-bond donors (Lipinski definition) is 2. The van der Waals surface area contributed by atoms with E-state index in [1.807, 2.05) is 25.7 Å². The number of nitrogens with two attached hydrogens (primary N) is 1. The molecule has 3 atom stereocenters. The fourth-order valence-electron chi connectivity index (χ4n) is 2.92. The first-order valence-electron chi connectivity index (χ1n) is 6.19. The van der Waals surface area contributed by atoms with E-state index in [0.717, 1.165) is 25.8 Å². The van der Waals surface area contributed by atoms with Crippen LogP contribution in [0.1, 0.15) is 40.0 Å². The maximum Gasteiger partial charge on any atom is 0.318 e. The van der Waals surface area contributed by atoms with E-state index in [2.05, 4.69) is 5.32 Å². The third-order valence-corrected chi connectivity index (χ3v) is 3.45. The topological polar surface area (TPSA) is 58.4 Å². The van der Waals surface area contributed by atoms with Gasteiger partial charge < -0.3 is 16.0 Å². The Bertz CT molecular complexity index is 284. The Kier molecular flexibility index (Phi) is 2.86. The number of nitrogens with zero attached hydrogens (tertiary/aromatic N) is 1. The van der Waals surface area contributed by atoms with E-state index in [1.54, 1.807) is 0 Å². The highest BCUT2D eigenvalue weighted by Crippen LogP contribution is 2.34. The van der Waals surface area contributed by atoms with Crippen LogP contribution in [0, 0.1) is 5.92 Å². The standard InChI is InChI=1S/C12H23N3O/c1-12(2,3)14-11(16)15-7-8-4-9(13)6-10(15)5-8/h8-10H,4-7,13H2,1-3H3,(H,14,16). The van der Waals surface area contributed by atoms with Crippen LogP contribution in [-0.2, 0) is 0 Å². The van der Waals surface area contributed by atoms with Gasteiger partial charge in [0.2, 0.25) is 0 Å². The van der Waals surface area contributed by atoms with Crippen LogP contribution in [0.3, 0.4) is 0 Å². The van der Waals surface area contributed by atoms with Crippen molar-refractivity contribution in [3.05, 3.63) is 0 Å². The zero-order valence-electron chi connectivity index (χ0n) is 10.5. The molecule has 2 bridgehead atoms. The first kappa shape index (κ1) is 11.7. The maximum absolute atomic E-state index is 12.1. The molecule has 0 aromatic rings. The average Bonchev–Trinajstić information content (AvgIpc) is 2.38. The van der Waals surface area contributed by atoms with E-state index >= 15 is 0 Å². The molecule has 1 aliphatic carbocycles. The Morgan fingerprint density at radius 1 is 1.31 bits per heavy atom. The van der Waals surface area contributed by atoms with Crippen molar-refractivity contribution in [2.45, 2.75) is 57.7 Å². The molecule has 1 saturated heterocycles. The van der Waals surface area contributed by atoms with Crippen molar-refractivity contribution in [3.8, 4) is 0 Å². The maximum atomic E-state index is 12.1. The summed E-state index contributed by atoms with van der Waals surface area (Å²) >= 11 is 0. The number of likely N-dealkylation sites (tertiary alicyclic amines) is 1. The highest BCUT2D eigenvalue weighted by molar-refractivity contribution is 5.75. The van der Waals surface area contributed by atoms with Crippen LogP contribution in [0.2, 0.25) is 0 Å². The second-order valence-electron chi connectivity index (χ2n) is 6.32. The van der Waals surface area contributed by atoms with Gasteiger partial charge in [0.05, 0.1) is 0 Å². The molecule has 0 radical (unpaired) electrons. The molecule has 3 unspecified atom stereocenters. The molecular weight excluding hydrogens is 202 g/mol. The van der Waals surface area contributed by atoms with Crippen molar-refractivity contribution in [1.82, 2.24) is 10.2 Å². The molecule has 1 aliphatic heterocycles. The molecular formula is C12H23N3O. The number of amides is 2. The first-order chi connectivity index (χ1) is 7.35. The van der Waals surface area contributed by atoms with Crippen LogP contribution in [0.4, 0.5) is 4.79 Å². The summed E-state index contributed by atoms with van der Waals surface area (Å²) in [7, 11) is 0. The summed E-state index contributed by atoms with van der Waals surface area (Å²) in [5.41, 5.74) is 5.83. The fraction of sp³-hybridized carbons (Fsp3) is 0.917. The van der Waals surface area contributed by atoms with Gasteiger partial charge in [-0.1, -0.05) is 0 Å². The third-order valence-electron chi connectivity index (χ3n) is 3.45. The van der Waals surface area contributed by atoms with Crippen LogP contribution in [0.15, 0.2) is 0 Å². The minimum atomic E-state index is -0.157. The van der Waals surface area contributed by atoms with Crippen molar-refractivity contribution in [1.29, 1.82) is 0 Å². The number of hydrogen-bond acceptors (Lipinski definition) is 2. The Morgan fingerprint density at radius 3 is 2.62 bits per heavy atom. The van der Waals surface area contributed by atoms with Gasteiger partial charge in [0.25, 0.3) is 0 Å². The lowest BCUT2D eigenvalue weighted by Gasteiger charge is -2.30. The number of nitrogens with one attached hydrogen (secondary N) is 1. The number of rotatable bonds is 0. The monoisotopic (exact) mass is 225 g/mol. The molecule has 2 aliphatic rings. The molecule has 4 heteroatoms. The zero-order valence-corrected chi connectivity index (χ0v) is 10.5. The van der Waals surface area contributed by atoms with Crippen LogP contribution >= 0.6 is 0 Å². The van der Waals surface area contributed by atoms with Crippen molar-refractivity contribution in [2.75, 3.05) is 6.54 Å². The van der Waals surface area contributed by atoms with Gasteiger partial charge >= 0.3 is 6.03 Å². The molecule has 2 fully saturated rings. The van der Waals surface area contributed by atoms with Gasteiger partial charge in [-0.3, -0.25) is 0 Å². The lowest BCUT2D eigenvalue weighted by atomic mass is 9.87. The van der Waals surface area contributed by atoms with Gasteiger partial charge in [-0.25, -0.2) is 4.79 Å². The summed E-state index contributed by atoms with van der Waals surface area (Å²) in [5, 5.41) is 3.03. The summed E-state index contributed by atoms with van der Waals surface area (Å²) in [6.45, 7) is 6.93. The van der Waals surface area contributed by atoms with Crippen molar-refractivity contribution >= 4 is 6.03 Å². The zero-order chi connectivity index (χ0) is 11.9. The predicted octanol–water partition coefficient (Wildman–Crippen LogP) is 1.31. The fourth-order valence-corrected chi connectivity index (χ4v) is 2.92. The van der Waals surface area contributed by atoms with E-state index in [0.29, 0.717) is 12.0 Å². The van der Waals surface area contributed by atoms with Crippen molar-refractivity contribution in [2.24, 2.45) is 11.7 Å². The quantitative estimate of drug-likeness (QED) is 0.653. The van der Waals surface area contributed by atoms with Gasteiger partial charge in [-0.05, 0) is 46.0 Å². The second-order valence-corrected chi connectivity index (χ2v) is 6.32. The molecule has 92 valence electrons. The van der Waals surface area contributed by atoms with Gasteiger partial charge in [-0.2, -0.15) is 0 Å². The first-order valence-corrected chi connectivity index (χ1v) is 6.19. The summed E-state index contributed by atoms with van der Waals surface area (Å²) in [5.74, 6) is 0.625. The Labute approximate surface area is 97.6 Å². The highest BCUT2D eigenvalue weighted by atomic mass is 16.2. The molecule has 2 amide bonds. The number of carbonyl (C=O) groups is 1. The van der Waals surface area contributed by atoms with Crippen LogP contribution in [0.5, 0.6) is 0 Å². The summed E-state index contributed by atoms with van der Waals surface area (Å²) in [6.07, 6.45) is 3.19.